The van der Waals surface area contributed by atoms with E-state index >= 15 is 0 Å². The summed E-state index contributed by atoms with van der Waals surface area (Å²) in [5.74, 6) is -0.0816. The average Bonchev–Trinajstić information content (AvgIpc) is 2.69. The Morgan fingerprint density at radius 1 is 1.67 bits per heavy atom. The molecule has 0 spiro atoms. The largest absolute Gasteiger partial charge is 0.347 e. The third kappa shape index (κ3) is 3.64. The van der Waals surface area contributed by atoms with Crippen molar-refractivity contribution in [2.45, 2.75) is 38.8 Å². The van der Waals surface area contributed by atoms with Crippen molar-refractivity contribution in [3.05, 3.63) is 22.4 Å². The molecule has 15 heavy (non-hydrogen) atoms. The zero-order valence-corrected chi connectivity index (χ0v) is 10.0. The fraction of sp³-hybridized carbons (Fsp3) is 0.545. The third-order valence-electron chi connectivity index (χ3n) is 2.19. The normalized spacial score (nSPS) is 14.6. The Morgan fingerprint density at radius 3 is 2.87 bits per heavy atom. The Hall–Kier alpha value is -0.870. The van der Waals surface area contributed by atoms with E-state index in [0.29, 0.717) is 0 Å². The molecule has 0 radical (unpaired) electrons. The summed E-state index contributed by atoms with van der Waals surface area (Å²) < 4.78 is 0. The van der Waals surface area contributed by atoms with E-state index < -0.39 is 6.04 Å². The van der Waals surface area contributed by atoms with Crippen molar-refractivity contribution >= 4 is 17.2 Å². The van der Waals surface area contributed by atoms with Crippen LogP contribution in [0.5, 0.6) is 0 Å². The molecule has 3 N–H and O–H groups in total. The monoisotopic (exact) mass is 226 g/mol. The van der Waals surface area contributed by atoms with E-state index in [-0.39, 0.29) is 11.9 Å². The summed E-state index contributed by atoms with van der Waals surface area (Å²) in [6, 6.07) is 3.73. The van der Waals surface area contributed by atoms with Gasteiger partial charge in [-0.05, 0) is 24.8 Å². The van der Waals surface area contributed by atoms with Gasteiger partial charge in [0.25, 0.3) is 0 Å². The molecule has 2 atom stereocenters. The van der Waals surface area contributed by atoms with Gasteiger partial charge in [0.2, 0.25) is 5.91 Å². The molecule has 1 aromatic rings. The van der Waals surface area contributed by atoms with Crippen LogP contribution in [0.1, 0.15) is 37.6 Å². The van der Waals surface area contributed by atoms with Crippen LogP contribution in [0.2, 0.25) is 0 Å². The smallest absolute Gasteiger partial charge is 0.237 e. The van der Waals surface area contributed by atoms with Crippen LogP contribution in [0, 0.1) is 0 Å². The molecule has 0 saturated heterocycles. The zero-order chi connectivity index (χ0) is 11.3. The quantitative estimate of drug-likeness (QED) is 0.807. The third-order valence-corrected chi connectivity index (χ3v) is 3.18. The number of nitrogens with one attached hydrogen (secondary N) is 1. The molecule has 0 bridgehead atoms. The van der Waals surface area contributed by atoms with Gasteiger partial charge in [-0.3, -0.25) is 4.79 Å². The molecule has 1 amide bonds. The molecule has 0 saturated carbocycles. The number of rotatable bonds is 5. The highest BCUT2D eigenvalue weighted by molar-refractivity contribution is 7.10. The van der Waals surface area contributed by atoms with Crippen molar-refractivity contribution < 1.29 is 4.79 Å². The first-order chi connectivity index (χ1) is 7.15. The Labute approximate surface area is 94.7 Å². The van der Waals surface area contributed by atoms with Crippen LogP contribution in [0.3, 0.4) is 0 Å². The van der Waals surface area contributed by atoms with E-state index in [4.69, 9.17) is 5.73 Å². The van der Waals surface area contributed by atoms with E-state index in [0.717, 1.165) is 12.8 Å². The predicted molar refractivity (Wildman–Crippen MR) is 63.8 cm³/mol. The van der Waals surface area contributed by atoms with Crippen LogP contribution in [0.25, 0.3) is 0 Å². The van der Waals surface area contributed by atoms with Crippen molar-refractivity contribution in [1.82, 2.24) is 5.32 Å². The first-order valence-corrected chi connectivity index (χ1v) is 6.12. The number of carbonyl (C=O) groups excluding carboxylic acids is 1. The van der Waals surface area contributed by atoms with Crippen molar-refractivity contribution in [3.63, 3.8) is 0 Å². The molecule has 1 aromatic heterocycles. The van der Waals surface area contributed by atoms with Crippen LogP contribution >= 0.6 is 11.3 Å². The van der Waals surface area contributed by atoms with Gasteiger partial charge in [0, 0.05) is 4.88 Å². The van der Waals surface area contributed by atoms with Gasteiger partial charge in [0.1, 0.15) is 0 Å². The van der Waals surface area contributed by atoms with Gasteiger partial charge in [-0.2, -0.15) is 0 Å². The van der Waals surface area contributed by atoms with Crippen LogP contribution in [0.15, 0.2) is 17.5 Å². The highest BCUT2D eigenvalue weighted by Gasteiger charge is 2.16. The molecule has 3 nitrogen and oxygen atoms in total. The first-order valence-electron chi connectivity index (χ1n) is 5.24. The van der Waals surface area contributed by atoms with Gasteiger partial charge in [-0.25, -0.2) is 0 Å². The number of nitrogens with two attached hydrogens (primary N) is 1. The maximum atomic E-state index is 11.5. The van der Waals surface area contributed by atoms with Gasteiger partial charge < -0.3 is 11.1 Å². The second kappa shape index (κ2) is 5.88. The summed E-state index contributed by atoms with van der Waals surface area (Å²) in [4.78, 5) is 12.7. The van der Waals surface area contributed by atoms with E-state index in [1.165, 1.54) is 4.88 Å². The van der Waals surface area contributed by atoms with Crippen LogP contribution in [0.4, 0.5) is 0 Å². The maximum Gasteiger partial charge on any atom is 0.237 e. The lowest BCUT2D eigenvalue weighted by molar-refractivity contribution is -0.122. The molecule has 1 rings (SSSR count). The van der Waals surface area contributed by atoms with E-state index in [9.17, 15) is 4.79 Å². The van der Waals surface area contributed by atoms with Crippen LogP contribution < -0.4 is 11.1 Å². The summed E-state index contributed by atoms with van der Waals surface area (Å²) in [6.45, 7) is 3.81. The minimum Gasteiger partial charge on any atom is -0.347 e. The summed E-state index contributed by atoms with van der Waals surface area (Å²) in [7, 11) is 0. The van der Waals surface area contributed by atoms with Gasteiger partial charge in [0.05, 0.1) is 12.1 Å². The molecule has 4 heteroatoms. The van der Waals surface area contributed by atoms with Gasteiger partial charge >= 0.3 is 0 Å². The molecule has 0 aliphatic carbocycles. The molecule has 0 aliphatic rings. The summed E-state index contributed by atoms with van der Waals surface area (Å²) in [5, 5.41) is 4.99. The summed E-state index contributed by atoms with van der Waals surface area (Å²) >= 11 is 1.67. The van der Waals surface area contributed by atoms with Crippen LogP contribution in [-0.4, -0.2) is 11.9 Å². The average molecular weight is 226 g/mol. The number of amides is 1. The van der Waals surface area contributed by atoms with Crippen molar-refractivity contribution in [1.29, 1.82) is 0 Å². The molecule has 84 valence electrons. The highest BCUT2D eigenvalue weighted by atomic mass is 32.1. The molecule has 0 aliphatic heterocycles. The van der Waals surface area contributed by atoms with Gasteiger partial charge in [-0.15, -0.1) is 11.3 Å². The van der Waals surface area contributed by atoms with Gasteiger partial charge in [0.15, 0.2) is 0 Å². The second-order valence-corrected chi connectivity index (χ2v) is 4.63. The number of carbonyl (C=O) groups is 1. The SMILES string of the molecule is CCCC(NC(=O)[C@H](C)N)c1cccs1. The Kier molecular flexibility index (Phi) is 4.78. The fourth-order valence-electron chi connectivity index (χ4n) is 1.37. The Morgan fingerprint density at radius 2 is 2.40 bits per heavy atom. The molecular formula is C11H18N2OS. The fourth-order valence-corrected chi connectivity index (χ4v) is 2.18. The highest BCUT2D eigenvalue weighted by Crippen LogP contribution is 2.23. The van der Waals surface area contributed by atoms with E-state index in [1.54, 1.807) is 18.3 Å². The van der Waals surface area contributed by atoms with Crippen molar-refractivity contribution in [2.24, 2.45) is 5.73 Å². The topological polar surface area (TPSA) is 55.1 Å². The molecule has 1 heterocycles. The molecule has 0 fully saturated rings. The van der Waals surface area contributed by atoms with Crippen LogP contribution in [-0.2, 0) is 4.79 Å². The summed E-state index contributed by atoms with van der Waals surface area (Å²) in [5.41, 5.74) is 5.53. The lowest BCUT2D eigenvalue weighted by Crippen LogP contribution is -2.40. The number of thiophene rings is 1. The van der Waals surface area contributed by atoms with Crippen molar-refractivity contribution in [2.75, 3.05) is 0 Å². The maximum absolute atomic E-state index is 11.5. The zero-order valence-electron chi connectivity index (χ0n) is 9.19. The minimum atomic E-state index is -0.440. The van der Waals surface area contributed by atoms with E-state index in [1.807, 2.05) is 17.5 Å². The lowest BCUT2D eigenvalue weighted by Gasteiger charge is -2.18. The standard InChI is InChI=1S/C11H18N2OS/c1-3-5-9(10-6-4-7-15-10)13-11(14)8(2)12/h4,6-9H,3,5,12H2,1-2H3,(H,13,14)/t8-,9?/m0/s1. The minimum absolute atomic E-state index is 0.0816. The summed E-state index contributed by atoms with van der Waals surface area (Å²) in [6.07, 6.45) is 2.00. The first kappa shape index (κ1) is 12.2. The Balaban J connectivity index is 2.63. The van der Waals surface area contributed by atoms with Gasteiger partial charge in [-0.1, -0.05) is 19.4 Å². The molecule has 0 aromatic carbocycles. The molecular weight excluding hydrogens is 208 g/mol. The lowest BCUT2D eigenvalue weighted by atomic mass is 10.1. The Bertz CT molecular complexity index is 296. The van der Waals surface area contributed by atoms with Crippen molar-refractivity contribution in [3.8, 4) is 0 Å². The number of hydrogen-bond acceptors (Lipinski definition) is 3. The predicted octanol–water partition coefficient (Wildman–Crippen LogP) is 2.05. The number of hydrogen-bond donors (Lipinski definition) is 2. The molecule has 1 unspecified atom stereocenters. The van der Waals surface area contributed by atoms with E-state index in [2.05, 4.69) is 12.2 Å². The second-order valence-electron chi connectivity index (χ2n) is 3.65.